The van der Waals surface area contributed by atoms with Crippen LogP contribution < -0.4 is 5.73 Å². The normalized spacial score (nSPS) is 10.7. The van der Waals surface area contributed by atoms with E-state index < -0.39 is 0 Å². The summed E-state index contributed by atoms with van der Waals surface area (Å²) in [5.41, 5.74) is 6.12. The van der Waals surface area contributed by atoms with Crippen molar-refractivity contribution in [1.82, 2.24) is 20.1 Å². The molecule has 18 heavy (non-hydrogen) atoms. The van der Waals surface area contributed by atoms with Crippen molar-refractivity contribution in [2.75, 3.05) is 5.73 Å². The van der Waals surface area contributed by atoms with Crippen LogP contribution in [-0.4, -0.2) is 20.1 Å². The first kappa shape index (κ1) is 10.8. The summed E-state index contributed by atoms with van der Waals surface area (Å²) in [6.45, 7) is 0. The number of nitrogens with zero attached hydrogens (tertiary/aromatic N) is 4. The molecule has 0 aliphatic heterocycles. The number of nitrogens with two attached hydrogens (primary N) is 1. The van der Waals surface area contributed by atoms with Crippen molar-refractivity contribution in [2.24, 2.45) is 0 Å². The van der Waals surface area contributed by atoms with Gasteiger partial charge in [-0.05, 0) is 11.4 Å². The number of nitrogen functional groups attached to an aromatic ring is 1. The summed E-state index contributed by atoms with van der Waals surface area (Å²) in [6, 6.07) is 4.01. The zero-order chi connectivity index (χ0) is 12.4. The highest BCUT2D eigenvalue weighted by Crippen LogP contribution is 2.20. The van der Waals surface area contributed by atoms with E-state index in [1.54, 1.807) is 11.3 Å². The van der Waals surface area contributed by atoms with Gasteiger partial charge in [-0.3, -0.25) is 0 Å². The standard InChI is InChI=1S/C11H9N5OS/c12-10-9(13-3-4-14-10)11-15-8(16-17-11)6-7-2-1-5-18-7/h1-5H,6H2,(H2,12,14). The van der Waals surface area contributed by atoms with Gasteiger partial charge >= 0.3 is 0 Å². The van der Waals surface area contributed by atoms with Gasteiger partial charge in [-0.2, -0.15) is 4.98 Å². The lowest BCUT2D eigenvalue weighted by molar-refractivity contribution is 0.423. The minimum absolute atomic E-state index is 0.281. The third-order valence-corrected chi connectivity index (χ3v) is 3.19. The van der Waals surface area contributed by atoms with Gasteiger partial charge in [0, 0.05) is 23.7 Å². The zero-order valence-electron chi connectivity index (χ0n) is 9.28. The Morgan fingerprint density at radius 2 is 2.17 bits per heavy atom. The minimum atomic E-state index is 0.281. The van der Waals surface area contributed by atoms with Gasteiger partial charge in [0.05, 0.1) is 0 Å². The largest absolute Gasteiger partial charge is 0.382 e. The van der Waals surface area contributed by atoms with E-state index in [4.69, 9.17) is 10.3 Å². The Hall–Kier alpha value is -2.28. The lowest BCUT2D eigenvalue weighted by Gasteiger charge is -1.95. The summed E-state index contributed by atoms with van der Waals surface area (Å²) in [7, 11) is 0. The highest BCUT2D eigenvalue weighted by Gasteiger charge is 2.14. The van der Waals surface area contributed by atoms with Crippen LogP contribution in [0.2, 0.25) is 0 Å². The summed E-state index contributed by atoms with van der Waals surface area (Å²) in [5.74, 6) is 1.19. The maximum Gasteiger partial charge on any atom is 0.280 e. The molecule has 0 aromatic carbocycles. The molecule has 0 saturated carbocycles. The second-order valence-electron chi connectivity index (χ2n) is 3.56. The molecule has 6 nitrogen and oxygen atoms in total. The molecule has 0 amide bonds. The summed E-state index contributed by atoms with van der Waals surface area (Å²) in [5, 5.41) is 5.92. The number of aromatic nitrogens is 4. The predicted octanol–water partition coefficient (Wildman–Crippen LogP) is 1.76. The smallest absolute Gasteiger partial charge is 0.280 e. The Labute approximate surface area is 107 Å². The number of anilines is 1. The Morgan fingerprint density at radius 1 is 1.28 bits per heavy atom. The van der Waals surface area contributed by atoms with Crippen LogP contribution in [0.25, 0.3) is 11.6 Å². The summed E-state index contributed by atoms with van der Waals surface area (Å²) in [4.78, 5) is 13.4. The number of thiophene rings is 1. The van der Waals surface area contributed by atoms with Gasteiger partial charge in [0.15, 0.2) is 17.3 Å². The zero-order valence-corrected chi connectivity index (χ0v) is 10.1. The molecule has 0 bridgehead atoms. The van der Waals surface area contributed by atoms with Crippen molar-refractivity contribution in [3.8, 4) is 11.6 Å². The average molecular weight is 259 g/mol. The van der Waals surface area contributed by atoms with E-state index in [0.717, 1.165) is 0 Å². The average Bonchev–Trinajstić information content (AvgIpc) is 3.02. The maximum absolute atomic E-state index is 5.70. The molecule has 0 aliphatic rings. The summed E-state index contributed by atoms with van der Waals surface area (Å²) < 4.78 is 5.14. The van der Waals surface area contributed by atoms with Gasteiger partial charge in [-0.15, -0.1) is 11.3 Å². The van der Waals surface area contributed by atoms with Crippen LogP contribution in [-0.2, 0) is 6.42 Å². The summed E-state index contributed by atoms with van der Waals surface area (Å²) in [6.07, 6.45) is 3.69. The molecular weight excluding hydrogens is 250 g/mol. The Morgan fingerprint density at radius 3 is 2.94 bits per heavy atom. The SMILES string of the molecule is Nc1nccnc1-c1nc(Cc2cccs2)no1. The minimum Gasteiger partial charge on any atom is -0.382 e. The van der Waals surface area contributed by atoms with E-state index in [1.165, 1.54) is 17.3 Å². The molecule has 3 heterocycles. The lowest BCUT2D eigenvalue weighted by atomic mass is 10.3. The van der Waals surface area contributed by atoms with E-state index in [2.05, 4.69) is 20.1 Å². The molecule has 90 valence electrons. The van der Waals surface area contributed by atoms with Crippen molar-refractivity contribution in [3.63, 3.8) is 0 Å². The van der Waals surface area contributed by atoms with E-state index in [-0.39, 0.29) is 5.82 Å². The monoisotopic (exact) mass is 259 g/mol. The Kier molecular flexibility index (Phi) is 2.73. The van der Waals surface area contributed by atoms with Gasteiger partial charge in [0.25, 0.3) is 5.89 Å². The molecule has 0 fully saturated rings. The van der Waals surface area contributed by atoms with E-state index in [0.29, 0.717) is 23.8 Å². The Bertz CT molecular complexity index is 649. The topological polar surface area (TPSA) is 90.7 Å². The van der Waals surface area contributed by atoms with E-state index in [1.807, 2.05) is 17.5 Å². The van der Waals surface area contributed by atoms with Gasteiger partial charge in [0.2, 0.25) is 0 Å². The first-order chi connectivity index (χ1) is 8.83. The first-order valence-electron chi connectivity index (χ1n) is 5.25. The van der Waals surface area contributed by atoms with E-state index in [9.17, 15) is 0 Å². The quantitative estimate of drug-likeness (QED) is 0.770. The maximum atomic E-state index is 5.70. The van der Waals surface area contributed by atoms with Crippen LogP contribution in [0.4, 0.5) is 5.82 Å². The van der Waals surface area contributed by atoms with Crippen molar-refractivity contribution in [3.05, 3.63) is 40.6 Å². The molecule has 7 heteroatoms. The fourth-order valence-corrected chi connectivity index (χ4v) is 2.21. The molecule has 0 spiro atoms. The molecule has 0 saturated heterocycles. The fourth-order valence-electron chi connectivity index (χ4n) is 1.50. The fraction of sp³-hybridized carbons (Fsp3) is 0.0909. The third-order valence-electron chi connectivity index (χ3n) is 2.31. The van der Waals surface area contributed by atoms with Crippen molar-refractivity contribution < 1.29 is 4.52 Å². The highest BCUT2D eigenvalue weighted by molar-refractivity contribution is 7.09. The van der Waals surface area contributed by atoms with Crippen LogP contribution in [0.1, 0.15) is 10.7 Å². The summed E-state index contributed by atoms with van der Waals surface area (Å²) >= 11 is 1.65. The molecule has 0 radical (unpaired) electrons. The van der Waals surface area contributed by atoms with Crippen LogP contribution in [0, 0.1) is 0 Å². The third kappa shape index (κ3) is 2.07. The first-order valence-corrected chi connectivity index (χ1v) is 6.13. The number of rotatable bonds is 3. The second-order valence-corrected chi connectivity index (χ2v) is 4.59. The molecule has 2 N–H and O–H groups in total. The van der Waals surface area contributed by atoms with Crippen LogP contribution in [0.3, 0.4) is 0 Å². The molecule has 0 atom stereocenters. The molecule has 0 unspecified atom stereocenters. The van der Waals surface area contributed by atoms with Gasteiger partial charge in [-0.1, -0.05) is 11.2 Å². The van der Waals surface area contributed by atoms with Crippen LogP contribution in [0.5, 0.6) is 0 Å². The Balaban J connectivity index is 1.88. The molecule has 3 rings (SSSR count). The van der Waals surface area contributed by atoms with Crippen LogP contribution >= 0.6 is 11.3 Å². The molecule has 3 aromatic rings. The van der Waals surface area contributed by atoms with Crippen LogP contribution in [0.15, 0.2) is 34.4 Å². The van der Waals surface area contributed by atoms with Gasteiger partial charge < -0.3 is 10.3 Å². The molecular formula is C11H9N5OS. The van der Waals surface area contributed by atoms with Crippen molar-refractivity contribution in [2.45, 2.75) is 6.42 Å². The lowest BCUT2D eigenvalue weighted by Crippen LogP contribution is -1.96. The van der Waals surface area contributed by atoms with Gasteiger partial charge in [-0.25, -0.2) is 9.97 Å². The highest BCUT2D eigenvalue weighted by atomic mass is 32.1. The van der Waals surface area contributed by atoms with Gasteiger partial charge in [0.1, 0.15) is 0 Å². The molecule has 3 aromatic heterocycles. The second kappa shape index (κ2) is 4.53. The number of hydrogen-bond donors (Lipinski definition) is 1. The van der Waals surface area contributed by atoms with Crippen molar-refractivity contribution >= 4 is 17.2 Å². The van der Waals surface area contributed by atoms with Crippen molar-refractivity contribution in [1.29, 1.82) is 0 Å². The van der Waals surface area contributed by atoms with E-state index >= 15 is 0 Å². The molecule has 0 aliphatic carbocycles. The number of hydrogen-bond acceptors (Lipinski definition) is 7. The predicted molar refractivity (Wildman–Crippen MR) is 66.9 cm³/mol.